The van der Waals surface area contributed by atoms with Gasteiger partial charge in [0.2, 0.25) is 5.91 Å². The van der Waals surface area contributed by atoms with E-state index in [0.29, 0.717) is 17.5 Å². The van der Waals surface area contributed by atoms with Crippen LogP contribution in [0.5, 0.6) is 0 Å². The lowest BCUT2D eigenvalue weighted by atomic mass is 10.1. The molecule has 3 rings (SSSR count). The maximum absolute atomic E-state index is 13.9. The van der Waals surface area contributed by atoms with Crippen molar-refractivity contribution in [3.8, 4) is 0 Å². The molecule has 10 heteroatoms. The van der Waals surface area contributed by atoms with E-state index in [9.17, 15) is 23.2 Å². The highest BCUT2D eigenvalue weighted by molar-refractivity contribution is 6.21. The molecule has 3 N–H and O–H groups in total. The molecule has 0 aromatic heterocycles. The Hall–Kier alpha value is -2.26. The zero-order valence-corrected chi connectivity index (χ0v) is 15.3. The molecule has 0 bridgehead atoms. The number of benzene rings is 1. The zero-order chi connectivity index (χ0) is 18.7. The monoisotopic (exact) mass is 402 g/mol. The molecule has 2 aliphatic rings. The van der Waals surface area contributed by atoms with E-state index in [1.54, 1.807) is 0 Å². The predicted molar refractivity (Wildman–Crippen MR) is 96.7 cm³/mol. The molecule has 27 heavy (non-hydrogen) atoms. The van der Waals surface area contributed by atoms with Gasteiger partial charge < -0.3 is 16.0 Å². The number of carbonyl (C=O) groups is 3. The van der Waals surface area contributed by atoms with Crippen molar-refractivity contribution in [1.82, 2.24) is 16.0 Å². The second-order valence-corrected chi connectivity index (χ2v) is 6.42. The summed E-state index contributed by atoms with van der Waals surface area (Å²) in [4.78, 5) is 37.1. The molecule has 2 atom stereocenters. The smallest absolute Gasteiger partial charge is 0.329 e. The average molecular weight is 403 g/mol. The van der Waals surface area contributed by atoms with Crippen LogP contribution in [0.25, 0.3) is 0 Å². The third-order valence-corrected chi connectivity index (χ3v) is 4.49. The summed E-state index contributed by atoms with van der Waals surface area (Å²) < 4.78 is 26.9. The van der Waals surface area contributed by atoms with Gasteiger partial charge in [0, 0.05) is 25.1 Å². The van der Waals surface area contributed by atoms with E-state index in [1.807, 2.05) is 0 Å². The second-order valence-electron chi connectivity index (χ2n) is 6.42. The number of piperidine rings is 1. The number of anilines is 1. The maximum Gasteiger partial charge on any atom is 0.329 e. The molecule has 0 radical (unpaired) electrons. The summed E-state index contributed by atoms with van der Waals surface area (Å²) >= 11 is 0. The van der Waals surface area contributed by atoms with Crippen molar-refractivity contribution >= 4 is 35.9 Å². The number of carbonyl (C=O) groups excluding carboxylic acids is 3. The maximum atomic E-state index is 13.9. The molecule has 2 heterocycles. The molecule has 148 valence electrons. The molecule has 2 fully saturated rings. The molecule has 0 aliphatic carbocycles. The van der Waals surface area contributed by atoms with Crippen LogP contribution in [0.1, 0.15) is 25.7 Å². The topological polar surface area (TPSA) is 90.5 Å². The standard InChI is InChI=1S/C17H20F2N4O3.ClH/c18-10-3-5-14(12(19)8-10)23-16(25)13(22-17(23)26)4-6-15(24)21-11-2-1-7-20-9-11;/h3,5,8,11,13,20H,1-2,4,6-7,9H2,(H,21,24)(H,22,26);1H/t11-,13?;/m0./s1. The summed E-state index contributed by atoms with van der Waals surface area (Å²) in [6.07, 6.45) is 2.05. The molecular formula is C17H21ClF2N4O3. The van der Waals surface area contributed by atoms with Gasteiger partial charge in [0.15, 0.2) is 0 Å². The fourth-order valence-corrected chi connectivity index (χ4v) is 3.17. The van der Waals surface area contributed by atoms with Crippen LogP contribution in [-0.2, 0) is 9.59 Å². The van der Waals surface area contributed by atoms with Crippen LogP contribution in [0, 0.1) is 11.6 Å². The van der Waals surface area contributed by atoms with E-state index in [1.165, 1.54) is 0 Å². The number of halogens is 3. The Morgan fingerprint density at radius 2 is 2.07 bits per heavy atom. The first-order valence-electron chi connectivity index (χ1n) is 8.55. The van der Waals surface area contributed by atoms with Crippen molar-refractivity contribution in [1.29, 1.82) is 0 Å². The highest BCUT2D eigenvalue weighted by Crippen LogP contribution is 2.25. The Balaban J connectivity index is 0.00000261. The number of hydrogen-bond acceptors (Lipinski definition) is 4. The van der Waals surface area contributed by atoms with E-state index < -0.39 is 29.6 Å². The fourth-order valence-electron chi connectivity index (χ4n) is 3.17. The lowest BCUT2D eigenvalue weighted by Crippen LogP contribution is -2.46. The molecule has 0 saturated carbocycles. The average Bonchev–Trinajstić information content (AvgIpc) is 2.88. The molecule has 2 saturated heterocycles. The molecule has 7 nitrogen and oxygen atoms in total. The van der Waals surface area contributed by atoms with E-state index in [0.717, 1.165) is 31.5 Å². The second kappa shape index (κ2) is 9.09. The van der Waals surface area contributed by atoms with Crippen LogP contribution < -0.4 is 20.9 Å². The Morgan fingerprint density at radius 3 is 2.74 bits per heavy atom. The van der Waals surface area contributed by atoms with Gasteiger partial charge in [-0.25, -0.2) is 18.5 Å². The summed E-state index contributed by atoms with van der Waals surface area (Å²) in [6.45, 7) is 1.65. The lowest BCUT2D eigenvalue weighted by Gasteiger charge is -2.23. The number of rotatable bonds is 5. The summed E-state index contributed by atoms with van der Waals surface area (Å²) in [6, 6.07) is 0.972. The molecule has 4 amide bonds. The number of amides is 4. The third-order valence-electron chi connectivity index (χ3n) is 4.49. The number of nitrogens with zero attached hydrogens (tertiary/aromatic N) is 1. The predicted octanol–water partition coefficient (Wildman–Crippen LogP) is 1.46. The van der Waals surface area contributed by atoms with Crippen molar-refractivity contribution < 1.29 is 23.2 Å². The van der Waals surface area contributed by atoms with Gasteiger partial charge in [-0.1, -0.05) is 0 Å². The largest absolute Gasteiger partial charge is 0.352 e. The third kappa shape index (κ3) is 4.92. The Morgan fingerprint density at radius 1 is 1.30 bits per heavy atom. The first kappa shape index (κ1) is 21.0. The first-order chi connectivity index (χ1) is 12.5. The Labute approximate surface area is 161 Å². The Bertz CT molecular complexity index is 728. The molecular weight excluding hydrogens is 382 g/mol. The molecule has 1 aromatic rings. The summed E-state index contributed by atoms with van der Waals surface area (Å²) in [5, 5.41) is 8.51. The van der Waals surface area contributed by atoms with Crippen LogP contribution in [0.15, 0.2) is 18.2 Å². The quantitative estimate of drug-likeness (QED) is 0.650. The molecule has 1 unspecified atom stereocenters. The minimum atomic E-state index is -1.00. The SMILES string of the molecule is Cl.O=C(CCC1NC(=O)N(c2ccc(F)cc2F)C1=O)N[C@H]1CCCNC1. The van der Waals surface area contributed by atoms with Gasteiger partial charge in [-0.15, -0.1) is 12.4 Å². The number of hydrogen-bond donors (Lipinski definition) is 3. The molecule has 2 aliphatic heterocycles. The van der Waals surface area contributed by atoms with Crippen molar-refractivity contribution in [3.05, 3.63) is 29.8 Å². The van der Waals surface area contributed by atoms with Gasteiger partial charge in [-0.3, -0.25) is 9.59 Å². The van der Waals surface area contributed by atoms with Gasteiger partial charge in [0.1, 0.15) is 17.7 Å². The van der Waals surface area contributed by atoms with Crippen LogP contribution >= 0.6 is 12.4 Å². The zero-order valence-electron chi connectivity index (χ0n) is 14.5. The van der Waals surface area contributed by atoms with Gasteiger partial charge in [0.05, 0.1) is 5.69 Å². The first-order valence-corrected chi connectivity index (χ1v) is 8.55. The minimum absolute atomic E-state index is 0. The molecule has 1 aromatic carbocycles. The summed E-state index contributed by atoms with van der Waals surface area (Å²) in [5.74, 6) is -2.67. The Kier molecular flexibility index (Phi) is 7.09. The van der Waals surface area contributed by atoms with Crippen molar-refractivity contribution in [2.75, 3.05) is 18.0 Å². The van der Waals surface area contributed by atoms with E-state index >= 15 is 0 Å². The fraction of sp³-hybridized carbons (Fsp3) is 0.471. The minimum Gasteiger partial charge on any atom is -0.352 e. The number of imide groups is 1. The van der Waals surface area contributed by atoms with Gasteiger partial charge in [-0.2, -0.15) is 0 Å². The molecule has 0 spiro atoms. The van der Waals surface area contributed by atoms with E-state index in [4.69, 9.17) is 0 Å². The van der Waals surface area contributed by atoms with Crippen LogP contribution in [0.2, 0.25) is 0 Å². The summed E-state index contributed by atoms with van der Waals surface area (Å²) in [7, 11) is 0. The van der Waals surface area contributed by atoms with Crippen molar-refractivity contribution in [2.24, 2.45) is 0 Å². The highest BCUT2D eigenvalue weighted by Gasteiger charge is 2.40. The van der Waals surface area contributed by atoms with Crippen molar-refractivity contribution in [2.45, 2.75) is 37.8 Å². The van der Waals surface area contributed by atoms with E-state index in [-0.39, 0.29) is 42.9 Å². The summed E-state index contributed by atoms with van der Waals surface area (Å²) in [5.41, 5.74) is -0.311. The van der Waals surface area contributed by atoms with Crippen LogP contribution in [0.4, 0.5) is 19.3 Å². The van der Waals surface area contributed by atoms with Gasteiger partial charge in [-0.05, 0) is 37.9 Å². The number of urea groups is 1. The van der Waals surface area contributed by atoms with Gasteiger partial charge >= 0.3 is 6.03 Å². The normalized spacial score (nSPS) is 22.2. The van der Waals surface area contributed by atoms with E-state index in [2.05, 4.69) is 16.0 Å². The van der Waals surface area contributed by atoms with Crippen LogP contribution in [0.3, 0.4) is 0 Å². The highest BCUT2D eigenvalue weighted by atomic mass is 35.5. The van der Waals surface area contributed by atoms with Crippen molar-refractivity contribution in [3.63, 3.8) is 0 Å². The lowest BCUT2D eigenvalue weighted by molar-refractivity contribution is -0.122. The van der Waals surface area contributed by atoms with Crippen LogP contribution in [-0.4, -0.2) is 43.0 Å². The number of nitrogens with one attached hydrogen (secondary N) is 3. The van der Waals surface area contributed by atoms with Gasteiger partial charge in [0.25, 0.3) is 5.91 Å².